The number of benzene rings is 2. The number of pyridine rings is 1. The molecular formula is C30H25F2N3O3S. The first-order valence-corrected chi connectivity index (χ1v) is 14.2. The summed E-state index contributed by atoms with van der Waals surface area (Å²) >= 11 is 0. The molecule has 4 aromatic rings. The molecule has 2 aliphatic rings. The van der Waals surface area contributed by atoms with Crippen molar-refractivity contribution in [1.29, 1.82) is 0 Å². The fourth-order valence-electron chi connectivity index (χ4n) is 5.78. The van der Waals surface area contributed by atoms with E-state index >= 15 is 0 Å². The van der Waals surface area contributed by atoms with E-state index in [0.717, 1.165) is 34.5 Å². The van der Waals surface area contributed by atoms with Gasteiger partial charge in [0.2, 0.25) is 0 Å². The Kier molecular flexibility index (Phi) is 6.06. The Morgan fingerprint density at radius 3 is 2.33 bits per heavy atom. The molecule has 9 heteroatoms. The summed E-state index contributed by atoms with van der Waals surface area (Å²) in [7, 11) is -3.83. The second-order valence-electron chi connectivity index (χ2n) is 10.3. The lowest BCUT2D eigenvalue weighted by Crippen LogP contribution is -2.45. The third-order valence-electron chi connectivity index (χ3n) is 7.85. The van der Waals surface area contributed by atoms with Crippen LogP contribution >= 0.6 is 0 Å². The topological polar surface area (TPSA) is 81.9 Å². The van der Waals surface area contributed by atoms with Gasteiger partial charge in [-0.3, -0.25) is 9.78 Å². The van der Waals surface area contributed by atoms with Crippen LogP contribution < -0.4 is 0 Å². The number of allylic oxidation sites excluding steroid dienone is 1. The van der Waals surface area contributed by atoms with Crippen LogP contribution in [-0.4, -0.2) is 34.2 Å². The third kappa shape index (κ3) is 4.30. The van der Waals surface area contributed by atoms with Gasteiger partial charge in [0, 0.05) is 6.20 Å². The zero-order valence-corrected chi connectivity index (χ0v) is 22.0. The van der Waals surface area contributed by atoms with Crippen LogP contribution in [0, 0.1) is 24.0 Å². The summed E-state index contributed by atoms with van der Waals surface area (Å²) in [5, 5.41) is 3.69. The number of Topliss-reactive ketones (excluding diaryl/α,β-unsaturated/α-hetero) is 1. The molecule has 0 N–H and O–H groups in total. The van der Waals surface area contributed by atoms with E-state index in [4.69, 9.17) is 0 Å². The van der Waals surface area contributed by atoms with Gasteiger partial charge in [0.1, 0.15) is 17.3 Å². The smallest absolute Gasteiger partial charge is 0.191 e. The number of hydrogen-bond acceptors (Lipinski definition) is 5. The van der Waals surface area contributed by atoms with Crippen LogP contribution in [0.5, 0.6) is 0 Å². The number of aromatic nitrogens is 3. The first-order valence-electron chi connectivity index (χ1n) is 12.7. The summed E-state index contributed by atoms with van der Waals surface area (Å²) in [5.41, 5.74) is 3.16. The van der Waals surface area contributed by atoms with Crippen LogP contribution in [0.3, 0.4) is 0 Å². The highest BCUT2D eigenvalue weighted by molar-refractivity contribution is 7.92. The van der Waals surface area contributed by atoms with Crippen molar-refractivity contribution in [2.75, 3.05) is 0 Å². The number of fused-ring (bicyclic) bond motifs is 2. The van der Waals surface area contributed by atoms with E-state index in [1.165, 1.54) is 24.3 Å². The summed E-state index contributed by atoms with van der Waals surface area (Å²) < 4.78 is 56.1. The number of carbonyl (C=O) groups excluding carboxylic acids is 1. The molecule has 2 aromatic heterocycles. The Balaban J connectivity index is 1.45. The molecule has 0 saturated heterocycles. The minimum atomic E-state index is -3.83. The van der Waals surface area contributed by atoms with Gasteiger partial charge in [-0.05, 0) is 104 Å². The maximum absolute atomic E-state index is 14.2. The highest BCUT2D eigenvalue weighted by atomic mass is 32.2. The first kappa shape index (κ1) is 25.3. The third-order valence-corrected chi connectivity index (χ3v) is 10.1. The number of halogens is 2. The van der Waals surface area contributed by atoms with Gasteiger partial charge in [-0.1, -0.05) is 11.6 Å². The first-order chi connectivity index (χ1) is 18.7. The predicted octanol–water partition coefficient (Wildman–Crippen LogP) is 5.69. The number of sulfone groups is 1. The maximum atomic E-state index is 14.2. The van der Waals surface area contributed by atoms with E-state index in [2.05, 4.69) is 10.1 Å². The molecule has 0 spiro atoms. The highest BCUT2D eigenvalue weighted by Crippen LogP contribution is 2.51. The highest BCUT2D eigenvalue weighted by Gasteiger charge is 2.52. The van der Waals surface area contributed by atoms with Gasteiger partial charge in [0.15, 0.2) is 15.6 Å². The molecule has 0 unspecified atom stereocenters. The molecule has 2 aromatic carbocycles. The standard InChI is InChI=1S/C30H25F2N3O3S/c1-19-2-13-27(33-17-19)29(36)30-15-20-18-34-35(24-8-4-22(31)5-9-24)28(20)14-21(30)3-10-26(16-30)39(37,38)25-11-6-23(32)7-12-25/h2,4-9,11-14,17-18,26H,3,10,15-16H2,1H3/t26-,30-/m0/s1. The van der Waals surface area contributed by atoms with Crippen molar-refractivity contribution < 1.29 is 22.0 Å². The second kappa shape index (κ2) is 9.34. The minimum Gasteiger partial charge on any atom is -0.291 e. The van der Waals surface area contributed by atoms with Gasteiger partial charge in [0.05, 0.1) is 33.1 Å². The van der Waals surface area contributed by atoms with Gasteiger partial charge in [-0.15, -0.1) is 0 Å². The number of nitrogens with zero attached hydrogens (tertiary/aromatic N) is 3. The van der Waals surface area contributed by atoms with E-state index < -0.39 is 26.3 Å². The molecule has 198 valence electrons. The molecule has 39 heavy (non-hydrogen) atoms. The largest absolute Gasteiger partial charge is 0.291 e. The quantitative estimate of drug-likeness (QED) is 0.238. The average Bonchev–Trinajstić information content (AvgIpc) is 3.34. The summed E-state index contributed by atoms with van der Waals surface area (Å²) in [6.07, 6.45) is 6.29. The molecule has 6 nitrogen and oxygen atoms in total. The molecular weight excluding hydrogens is 520 g/mol. The van der Waals surface area contributed by atoms with Crippen molar-refractivity contribution in [3.05, 3.63) is 113 Å². The molecule has 0 aliphatic heterocycles. The van der Waals surface area contributed by atoms with E-state index in [1.807, 2.05) is 19.1 Å². The Labute approximate surface area is 224 Å². The van der Waals surface area contributed by atoms with Crippen molar-refractivity contribution in [3.63, 3.8) is 0 Å². The normalized spacial score (nSPS) is 20.6. The van der Waals surface area contributed by atoms with Crippen molar-refractivity contribution >= 4 is 21.7 Å². The summed E-state index contributed by atoms with van der Waals surface area (Å²) in [6.45, 7) is 1.88. The van der Waals surface area contributed by atoms with Crippen LogP contribution in [0.15, 0.2) is 83.5 Å². The molecule has 0 bridgehead atoms. The van der Waals surface area contributed by atoms with E-state index in [0.29, 0.717) is 18.5 Å². The SMILES string of the molecule is Cc1ccc(C(=O)[C@]23Cc4cnn(-c5ccc(F)cc5)c4C=C2CC[C@H](S(=O)(=O)c2ccc(F)cc2)C3)nc1. The van der Waals surface area contributed by atoms with Gasteiger partial charge in [-0.2, -0.15) is 5.10 Å². The fourth-order valence-corrected chi connectivity index (χ4v) is 7.61. The number of rotatable bonds is 5. The van der Waals surface area contributed by atoms with Gasteiger partial charge < -0.3 is 0 Å². The maximum Gasteiger partial charge on any atom is 0.191 e. The van der Waals surface area contributed by atoms with Crippen LogP contribution in [-0.2, 0) is 16.3 Å². The summed E-state index contributed by atoms with van der Waals surface area (Å²) in [4.78, 5) is 18.7. The lowest BCUT2D eigenvalue weighted by Gasteiger charge is -2.43. The Morgan fingerprint density at radius 1 is 0.974 bits per heavy atom. The van der Waals surface area contributed by atoms with Crippen LogP contribution in [0.2, 0.25) is 0 Å². The summed E-state index contributed by atoms with van der Waals surface area (Å²) in [6, 6.07) is 14.3. The predicted molar refractivity (Wildman–Crippen MR) is 142 cm³/mol. The molecule has 6 rings (SSSR count). The minimum absolute atomic E-state index is 0.0398. The molecule has 1 fully saturated rings. The Morgan fingerprint density at radius 2 is 1.67 bits per heavy atom. The van der Waals surface area contributed by atoms with Crippen LogP contribution in [0.4, 0.5) is 8.78 Å². The molecule has 2 heterocycles. The van der Waals surface area contributed by atoms with Gasteiger partial charge in [0.25, 0.3) is 0 Å². The number of carbonyl (C=O) groups is 1. The molecule has 0 amide bonds. The Hall–Kier alpha value is -3.98. The number of aryl methyl sites for hydroxylation is 1. The van der Waals surface area contributed by atoms with Gasteiger partial charge in [-0.25, -0.2) is 21.9 Å². The summed E-state index contributed by atoms with van der Waals surface area (Å²) in [5.74, 6) is -1.10. The van der Waals surface area contributed by atoms with Crippen LogP contribution in [0.25, 0.3) is 11.8 Å². The Bertz CT molecular complexity index is 1710. The van der Waals surface area contributed by atoms with E-state index in [9.17, 15) is 22.0 Å². The lowest BCUT2D eigenvalue weighted by molar-refractivity contribution is 0.0796. The van der Waals surface area contributed by atoms with Crippen molar-refractivity contribution in [2.45, 2.75) is 42.8 Å². The molecule has 2 aliphatic carbocycles. The van der Waals surface area contributed by atoms with Crippen LogP contribution in [0.1, 0.15) is 46.6 Å². The van der Waals surface area contributed by atoms with E-state index in [1.54, 1.807) is 35.3 Å². The van der Waals surface area contributed by atoms with E-state index in [-0.39, 0.29) is 35.0 Å². The molecule has 2 atom stereocenters. The second-order valence-corrected chi connectivity index (χ2v) is 12.5. The van der Waals surface area contributed by atoms with Gasteiger partial charge >= 0.3 is 0 Å². The number of hydrogen-bond donors (Lipinski definition) is 0. The zero-order valence-electron chi connectivity index (χ0n) is 21.1. The fraction of sp³-hybridized carbons (Fsp3) is 0.233. The van der Waals surface area contributed by atoms with Crippen molar-refractivity contribution in [3.8, 4) is 5.69 Å². The molecule has 1 saturated carbocycles. The van der Waals surface area contributed by atoms with Crippen molar-refractivity contribution in [1.82, 2.24) is 14.8 Å². The molecule has 0 radical (unpaired) electrons. The monoisotopic (exact) mass is 545 g/mol. The zero-order chi connectivity index (χ0) is 27.4. The number of ketones is 1. The van der Waals surface area contributed by atoms with Crippen molar-refractivity contribution in [2.24, 2.45) is 5.41 Å². The lowest BCUT2D eigenvalue weighted by atomic mass is 9.61. The average molecular weight is 546 g/mol.